The second-order valence-electron chi connectivity index (χ2n) is 2.91. The molecule has 0 unspecified atom stereocenters. The summed E-state index contributed by atoms with van der Waals surface area (Å²) in [5.74, 6) is -0.361. The van der Waals surface area contributed by atoms with Gasteiger partial charge in [0.25, 0.3) is 0 Å². The van der Waals surface area contributed by atoms with Crippen LogP contribution in [0.4, 0.5) is 0 Å². The van der Waals surface area contributed by atoms with Crippen molar-refractivity contribution in [1.29, 1.82) is 0 Å². The van der Waals surface area contributed by atoms with Crippen molar-refractivity contribution in [3.05, 3.63) is 41.0 Å². The number of fused-ring (bicyclic) bond motifs is 1. The summed E-state index contributed by atoms with van der Waals surface area (Å²) in [4.78, 5) is 11.1. The van der Waals surface area contributed by atoms with Gasteiger partial charge in [0.05, 0.1) is 5.56 Å². The van der Waals surface area contributed by atoms with Crippen molar-refractivity contribution in [1.82, 2.24) is 0 Å². The SMILES string of the molecule is O=C(O[Si])c1ccc2c(c1)C=CC2. The van der Waals surface area contributed by atoms with Crippen LogP contribution in [0.15, 0.2) is 24.3 Å². The van der Waals surface area contributed by atoms with Gasteiger partial charge in [0.15, 0.2) is 0 Å². The van der Waals surface area contributed by atoms with Crippen LogP contribution >= 0.6 is 0 Å². The zero-order valence-corrected chi connectivity index (χ0v) is 7.91. The highest BCUT2D eigenvalue weighted by atomic mass is 28.2. The fraction of sp³-hybridized carbons (Fsp3) is 0.100. The van der Waals surface area contributed by atoms with Crippen LogP contribution in [0.1, 0.15) is 21.5 Å². The second kappa shape index (κ2) is 3.18. The normalized spacial score (nSPS) is 12.7. The first-order valence-corrected chi connectivity index (χ1v) is 4.39. The van der Waals surface area contributed by atoms with Crippen molar-refractivity contribution in [2.75, 3.05) is 0 Å². The van der Waals surface area contributed by atoms with Gasteiger partial charge in [-0.05, 0) is 29.7 Å². The lowest BCUT2D eigenvalue weighted by Crippen LogP contribution is -2.02. The van der Waals surface area contributed by atoms with Gasteiger partial charge in [0.2, 0.25) is 0 Å². The third kappa shape index (κ3) is 1.42. The predicted octanol–water partition coefficient (Wildman–Crippen LogP) is 1.50. The third-order valence-electron chi connectivity index (χ3n) is 2.11. The molecule has 3 radical (unpaired) electrons. The number of hydrogen-bond acceptors (Lipinski definition) is 2. The summed E-state index contributed by atoms with van der Waals surface area (Å²) < 4.78 is 4.44. The first-order chi connectivity index (χ1) is 6.31. The molecule has 2 nitrogen and oxygen atoms in total. The minimum absolute atomic E-state index is 0.361. The molecule has 0 fully saturated rings. The molecule has 2 rings (SSSR count). The predicted molar refractivity (Wildman–Crippen MR) is 50.3 cm³/mol. The Kier molecular flexibility index (Phi) is 2.02. The minimum Gasteiger partial charge on any atom is -0.513 e. The van der Waals surface area contributed by atoms with E-state index in [0.717, 1.165) is 12.0 Å². The summed E-state index contributed by atoms with van der Waals surface area (Å²) in [6.45, 7) is 0. The zero-order chi connectivity index (χ0) is 9.26. The van der Waals surface area contributed by atoms with Gasteiger partial charge in [0, 0.05) is 0 Å². The Hall–Kier alpha value is -1.35. The van der Waals surface area contributed by atoms with E-state index in [1.165, 1.54) is 5.56 Å². The van der Waals surface area contributed by atoms with Gasteiger partial charge in [-0.1, -0.05) is 18.2 Å². The minimum atomic E-state index is -0.361. The summed E-state index contributed by atoms with van der Waals surface area (Å²) >= 11 is 0. The van der Waals surface area contributed by atoms with E-state index in [2.05, 4.69) is 21.0 Å². The molecular formula is C10H7O2Si. The van der Waals surface area contributed by atoms with E-state index in [-0.39, 0.29) is 5.97 Å². The molecule has 0 aliphatic heterocycles. The van der Waals surface area contributed by atoms with E-state index in [9.17, 15) is 4.79 Å². The van der Waals surface area contributed by atoms with Gasteiger partial charge in [-0.15, -0.1) is 0 Å². The second-order valence-corrected chi connectivity index (χ2v) is 3.11. The summed E-state index contributed by atoms with van der Waals surface area (Å²) in [7, 11) is 2.71. The molecular weight excluding hydrogens is 180 g/mol. The van der Waals surface area contributed by atoms with Crippen molar-refractivity contribution >= 4 is 22.5 Å². The Morgan fingerprint density at radius 2 is 2.31 bits per heavy atom. The quantitative estimate of drug-likeness (QED) is 0.623. The van der Waals surface area contributed by atoms with Gasteiger partial charge in [0.1, 0.15) is 0 Å². The summed E-state index contributed by atoms with van der Waals surface area (Å²) in [6.07, 6.45) is 5.05. The van der Waals surface area contributed by atoms with Gasteiger partial charge in [-0.3, -0.25) is 0 Å². The van der Waals surface area contributed by atoms with Crippen molar-refractivity contribution in [3.8, 4) is 0 Å². The zero-order valence-electron chi connectivity index (χ0n) is 6.91. The Bertz CT molecular complexity index is 383. The van der Waals surface area contributed by atoms with Crippen LogP contribution in [-0.4, -0.2) is 16.5 Å². The van der Waals surface area contributed by atoms with Crippen LogP contribution in [0.3, 0.4) is 0 Å². The van der Waals surface area contributed by atoms with Crippen LogP contribution in [0, 0.1) is 0 Å². The summed E-state index contributed by atoms with van der Waals surface area (Å²) in [5, 5.41) is 0. The number of hydrogen-bond donors (Lipinski definition) is 0. The molecule has 0 saturated heterocycles. The highest BCUT2D eigenvalue weighted by molar-refractivity contribution is 6.09. The number of benzene rings is 1. The lowest BCUT2D eigenvalue weighted by molar-refractivity contribution is 0.0749. The number of carbonyl (C=O) groups is 1. The molecule has 3 heteroatoms. The molecule has 0 atom stereocenters. The van der Waals surface area contributed by atoms with E-state index in [1.807, 2.05) is 18.2 Å². The molecule has 0 spiro atoms. The fourth-order valence-corrected chi connectivity index (χ4v) is 1.55. The Morgan fingerprint density at radius 1 is 1.46 bits per heavy atom. The lowest BCUT2D eigenvalue weighted by atomic mass is 10.1. The lowest BCUT2D eigenvalue weighted by Gasteiger charge is -2.02. The van der Waals surface area contributed by atoms with E-state index in [1.54, 1.807) is 6.07 Å². The van der Waals surface area contributed by atoms with Crippen molar-refractivity contribution in [2.24, 2.45) is 0 Å². The molecule has 0 bridgehead atoms. The maximum absolute atomic E-state index is 11.1. The molecule has 1 aliphatic rings. The molecule has 63 valence electrons. The molecule has 1 aromatic carbocycles. The molecule has 0 amide bonds. The van der Waals surface area contributed by atoms with Crippen molar-refractivity contribution in [2.45, 2.75) is 6.42 Å². The molecule has 0 heterocycles. The first kappa shape index (κ1) is 8.25. The Morgan fingerprint density at radius 3 is 3.08 bits per heavy atom. The van der Waals surface area contributed by atoms with Crippen LogP contribution in [-0.2, 0) is 10.8 Å². The Labute approximate surface area is 79.8 Å². The van der Waals surface area contributed by atoms with Crippen molar-refractivity contribution < 1.29 is 9.22 Å². The highest BCUT2D eigenvalue weighted by Gasteiger charge is 2.09. The molecule has 0 N–H and O–H groups in total. The smallest absolute Gasteiger partial charge is 0.345 e. The van der Waals surface area contributed by atoms with Crippen molar-refractivity contribution in [3.63, 3.8) is 0 Å². The van der Waals surface area contributed by atoms with E-state index in [0.29, 0.717) is 5.56 Å². The highest BCUT2D eigenvalue weighted by Crippen LogP contribution is 2.20. The van der Waals surface area contributed by atoms with Crippen LogP contribution in [0.5, 0.6) is 0 Å². The summed E-state index contributed by atoms with van der Waals surface area (Å²) in [6, 6.07) is 5.56. The number of allylic oxidation sites excluding steroid dienone is 1. The van der Waals surface area contributed by atoms with Gasteiger partial charge in [-0.2, -0.15) is 0 Å². The average molecular weight is 187 g/mol. The fourth-order valence-electron chi connectivity index (χ4n) is 1.43. The maximum atomic E-state index is 11.1. The molecule has 1 aliphatic carbocycles. The van der Waals surface area contributed by atoms with E-state index in [4.69, 9.17) is 0 Å². The van der Waals surface area contributed by atoms with E-state index >= 15 is 0 Å². The first-order valence-electron chi connectivity index (χ1n) is 3.98. The number of carbonyl (C=O) groups excluding carboxylic acids is 1. The molecule has 13 heavy (non-hydrogen) atoms. The van der Waals surface area contributed by atoms with Gasteiger partial charge >= 0.3 is 16.5 Å². The van der Waals surface area contributed by atoms with E-state index < -0.39 is 0 Å². The van der Waals surface area contributed by atoms with Crippen LogP contribution in [0.2, 0.25) is 0 Å². The van der Waals surface area contributed by atoms with Crippen LogP contribution < -0.4 is 0 Å². The largest absolute Gasteiger partial charge is 0.513 e. The average Bonchev–Trinajstić information content (AvgIpc) is 2.63. The Balaban J connectivity index is 2.40. The van der Waals surface area contributed by atoms with Gasteiger partial charge < -0.3 is 4.43 Å². The standard InChI is InChI=1S/C10H7O2Si/c11-10(12-13)9-5-4-7-2-1-3-8(7)6-9/h1,3-6H,2H2. The molecule has 0 saturated carbocycles. The number of rotatable bonds is 1. The van der Waals surface area contributed by atoms with Crippen LogP contribution in [0.25, 0.3) is 6.08 Å². The van der Waals surface area contributed by atoms with Gasteiger partial charge in [-0.25, -0.2) is 4.79 Å². The topological polar surface area (TPSA) is 26.3 Å². The molecule has 0 aromatic heterocycles. The summed E-state index contributed by atoms with van der Waals surface area (Å²) in [5.41, 5.74) is 2.93. The third-order valence-corrected chi connectivity index (χ3v) is 2.29. The maximum Gasteiger partial charge on any atom is 0.345 e. The monoisotopic (exact) mass is 187 g/mol. The molecule has 1 aromatic rings.